The summed E-state index contributed by atoms with van der Waals surface area (Å²) in [6.45, 7) is 0. The van der Waals surface area contributed by atoms with Crippen molar-refractivity contribution in [2.24, 2.45) is 0 Å². The minimum atomic E-state index is -4.42. The van der Waals surface area contributed by atoms with Crippen LogP contribution < -0.4 is 25.4 Å². The molecule has 3 N–H and O–H groups in total. The zero-order valence-electron chi connectivity index (χ0n) is 18.8. The molecule has 34 heavy (non-hydrogen) atoms. The molecule has 7 nitrogen and oxygen atoms in total. The number of halogens is 3. The van der Waals surface area contributed by atoms with E-state index in [-0.39, 0.29) is 18.2 Å². The molecule has 2 amide bonds. The van der Waals surface area contributed by atoms with E-state index in [0.717, 1.165) is 17.7 Å². The van der Waals surface area contributed by atoms with E-state index in [1.165, 1.54) is 19.2 Å². The summed E-state index contributed by atoms with van der Waals surface area (Å²) >= 11 is 0. The van der Waals surface area contributed by atoms with E-state index in [4.69, 9.17) is 9.47 Å². The number of hydrogen-bond donors (Lipinski definition) is 3. The van der Waals surface area contributed by atoms with Crippen LogP contribution in [-0.2, 0) is 27.7 Å². The Labute approximate surface area is 195 Å². The lowest BCUT2D eigenvalue weighted by Crippen LogP contribution is -2.62. The second-order valence-corrected chi connectivity index (χ2v) is 8.58. The predicted molar refractivity (Wildman–Crippen MR) is 117 cm³/mol. The molecule has 2 aromatic carbocycles. The van der Waals surface area contributed by atoms with E-state index in [2.05, 4.69) is 16.0 Å². The van der Waals surface area contributed by atoms with Crippen molar-refractivity contribution in [1.82, 2.24) is 16.0 Å². The van der Waals surface area contributed by atoms with Crippen molar-refractivity contribution < 1.29 is 32.2 Å². The average Bonchev–Trinajstić information content (AvgIpc) is 3.58. The first-order chi connectivity index (χ1) is 16.1. The van der Waals surface area contributed by atoms with E-state index in [1.54, 1.807) is 19.2 Å². The predicted octanol–water partition coefficient (Wildman–Crippen LogP) is 2.87. The van der Waals surface area contributed by atoms with Crippen molar-refractivity contribution >= 4 is 11.8 Å². The van der Waals surface area contributed by atoms with Crippen molar-refractivity contribution in [3.8, 4) is 11.5 Å². The molecule has 1 heterocycles. The number of methoxy groups -OCH3 is 2. The van der Waals surface area contributed by atoms with Gasteiger partial charge in [0.15, 0.2) is 11.5 Å². The summed E-state index contributed by atoms with van der Waals surface area (Å²) in [4.78, 5) is 25.3. The quantitative estimate of drug-likeness (QED) is 0.571. The average molecular weight is 477 g/mol. The lowest BCUT2D eigenvalue weighted by molar-refractivity contribution is -0.137. The van der Waals surface area contributed by atoms with Gasteiger partial charge in [-0.1, -0.05) is 18.2 Å². The standard InChI is InChI=1S/C24H26F3N3O4/c1-33-18-8-3-14(11-19(18)34-2)12-20-28-17(13-21(31)29-20)22(32)30-23(9-10-23)15-4-6-16(7-5-15)24(25,26)27/h3-8,11,17,20,28H,9-10,12-13H2,1-2H3,(H,29,31)(H,30,32). The molecule has 2 aliphatic rings. The fourth-order valence-electron chi connectivity index (χ4n) is 4.22. The Bertz CT molecular complexity index is 1070. The Hall–Kier alpha value is -3.27. The van der Waals surface area contributed by atoms with Crippen LogP contribution in [0.5, 0.6) is 11.5 Å². The summed E-state index contributed by atoms with van der Waals surface area (Å²) in [6, 6.07) is 9.51. The van der Waals surface area contributed by atoms with Gasteiger partial charge in [0.05, 0.1) is 44.0 Å². The van der Waals surface area contributed by atoms with Gasteiger partial charge in [0.25, 0.3) is 0 Å². The fourth-order valence-corrected chi connectivity index (χ4v) is 4.22. The molecule has 1 saturated carbocycles. The number of carbonyl (C=O) groups is 2. The van der Waals surface area contributed by atoms with Crippen LogP contribution in [0.3, 0.4) is 0 Å². The van der Waals surface area contributed by atoms with Crippen LogP contribution in [0.2, 0.25) is 0 Å². The maximum absolute atomic E-state index is 13.0. The van der Waals surface area contributed by atoms with Crippen molar-refractivity contribution in [3.63, 3.8) is 0 Å². The zero-order valence-corrected chi connectivity index (χ0v) is 18.8. The number of benzene rings is 2. The second kappa shape index (κ2) is 9.17. The molecule has 1 saturated heterocycles. The van der Waals surface area contributed by atoms with Gasteiger partial charge in [-0.25, -0.2) is 0 Å². The number of hydrogen-bond acceptors (Lipinski definition) is 5. The lowest BCUT2D eigenvalue weighted by Gasteiger charge is -2.32. The molecule has 1 aliphatic carbocycles. The van der Waals surface area contributed by atoms with Gasteiger partial charge in [-0.2, -0.15) is 13.2 Å². The number of alkyl halides is 3. The smallest absolute Gasteiger partial charge is 0.416 e. The summed E-state index contributed by atoms with van der Waals surface area (Å²) < 4.78 is 49.2. The van der Waals surface area contributed by atoms with Crippen LogP contribution in [-0.4, -0.2) is 38.2 Å². The molecular formula is C24H26F3N3O4. The van der Waals surface area contributed by atoms with Gasteiger partial charge in [0.1, 0.15) is 0 Å². The molecule has 0 radical (unpaired) electrons. The van der Waals surface area contributed by atoms with Crippen molar-refractivity contribution in [3.05, 3.63) is 59.2 Å². The maximum Gasteiger partial charge on any atom is 0.416 e. The van der Waals surface area contributed by atoms with Gasteiger partial charge in [-0.05, 0) is 48.2 Å². The summed E-state index contributed by atoms with van der Waals surface area (Å²) in [5, 5.41) is 8.95. The largest absolute Gasteiger partial charge is 0.493 e. The lowest BCUT2D eigenvalue weighted by atomic mass is 10.0. The summed E-state index contributed by atoms with van der Waals surface area (Å²) in [5.41, 5.74) is 0.0632. The van der Waals surface area contributed by atoms with Crippen molar-refractivity contribution in [2.45, 2.75) is 49.6 Å². The highest BCUT2D eigenvalue weighted by Gasteiger charge is 2.47. The minimum Gasteiger partial charge on any atom is -0.493 e. The van der Waals surface area contributed by atoms with Gasteiger partial charge in [0.2, 0.25) is 11.8 Å². The number of nitrogens with one attached hydrogen (secondary N) is 3. The minimum absolute atomic E-state index is 0.0304. The Balaban J connectivity index is 1.42. The first kappa shape index (κ1) is 23.9. The third-order valence-corrected chi connectivity index (χ3v) is 6.21. The molecule has 0 aromatic heterocycles. The molecule has 182 valence electrons. The van der Waals surface area contributed by atoms with Crippen LogP contribution in [0.1, 0.15) is 36.0 Å². The molecule has 2 unspecified atom stereocenters. The topological polar surface area (TPSA) is 88.7 Å². The first-order valence-electron chi connectivity index (χ1n) is 10.9. The molecule has 2 atom stereocenters. The number of amides is 2. The Morgan fingerprint density at radius 1 is 1.09 bits per heavy atom. The van der Waals surface area contributed by atoms with Crippen molar-refractivity contribution in [2.75, 3.05) is 14.2 Å². The molecule has 0 bridgehead atoms. The number of carbonyl (C=O) groups excluding carboxylic acids is 2. The SMILES string of the molecule is COc1ccc(CC2NC(=O)CC(C(=O)NC3(c4ccc(C(F)(F)F)cc4)CC3)N2)cc1OC. The van der Waals surface area contributed by atoms with E-state index in [0.29, 0.717) is 36.3 Å². The van der Waals surface area contributed by atoms with Gasteiger partial charge >= 0.3 is 6.18 Å². The molecule has 1 aliphatic heterocycles. The Morgan fingerprint density at radius 3 is 2.35 bits per heavy atom. The molecule has 2 fully saturated rings. The molecule has 4 rings (SSSR count). The zero-order chi connectivity index (χ0) is 24.5. The highest BCUT2D eigenvalue weighted by atomic mass is 19.4. The molecule has 2 aromatic rings. The van der Waals surface area contributed by atoms with E-state index >= 15 is 0 Å². The van der Waals surface area contributed by atoms with Crippen LogP contribution >= 0.6 is 0 Å². The third kappa shape index (κ3) is 5.11. The van der Waals surface area contributed by atoms with Crippen LogP contribution in [0, 0.1) is 0 Å². The van der Waals surface area contributed by atoms with Crippen molar-refractivity contribution in [1.29, 1.82) is 0 Å². The molecule has 0 spiro atoms. The first-order valence-corrected chi connectivity index (χ1v) is 10.9. The number of rotatable bonds is 7. The van der Waals surface area contributed by atoms with Gasteiger partial charge < -0.3 is 20.1 Å². The molecular weight excluding hydrogens is 451 g/mol. The second-order valence-electron chi connectivity index (χ2n) is 8.58. The summed E-state index contributed by atoms with van der Waals surface area (Å²) in [6.07, 6.45) is -3.26. The van der Waals surface area contributed by atoms with Gasteiger partial charge in [-0.3, -0.25) is 14.9 Å². The van der Waals surface area contributed by atoms with Gasteiger partial charge in [-0.15, -0.1) is 0 Å². The molecule has 10 heteroatoms. The summed E-state index contributed by atoms with van der Waals surface area (Å²) in [7, 11) is 3.08. The van der Waals surface area contributed by atoms with E-state index in [1.807, 2.05) is 6.07 Å². The number of ether oxygens (including phenoxy) is 2. The highest BCUT2D eigenvalue weighted by Crippen LogP contribution is 2.46. The third-order valence-electron chi connectivity index (χ3n) is 6.21. The summed E-state index contributed by atoms with van der Waals surface area (Å²) in [5.74, 6) is 0.527. The Morgan fingerprint density at radius 2 is 1.76 bits per heavy atom. The highest BCUT2D eigenvalue weighted by molar-refractivity contribution is 5.90. The Kier molecular flexibility index (Phi) is 6.44. The van der Waals surface area contributed by atoms with Gasteiger partial charge in [0, 0.05) is 6.42 Å². The van der Waals surface area contributed by atoms with E-state index in [9.17, 15) is 22.8 Å². The van der Waals surface area contributed by atoms with Crippen LogP contribution in [0.25, 0.3) is 0 Å². The maximum atomic E-state index is 13.0. The monoisotopic (exact) mass is 477 g/mol. The fraction of sp³-hybridized carbons (Fsp3) is 0.417. The van der Waals surface area contributed by atoms with Crippen LogP contribution in [0.4, 0.5) is 13.2 Å². The van der Waals surface area contributed by atoms with Crippen LogP contribution in [0.15, 0.2) is 42.5 Å². The van der Waals surface area contributed by atoms with E-state index < -0.39 is 29.5 Å². The normalized spacial score (nSPS) is 21.4.